The molecule has 0 fully saturated rings. The van der Waals surface area contributed by atoms with Gasteiger partial charge in [0.15, 0.2) is 0 Å². The van der Waals surface area contributed by atoms with Crippen molar-refractivity contribution in [3.63, 3.8) is 0 Å². The molecular formula is C10H9ClF3NO4. The van der Waals surface area contributed by atoms with Gasteiger partial charge in [0.05, 0.1) is 25.0 Å². The Labute approximate surface area is 110 Å². The summed E-state index contributed by atoms with van der Waals surface area (Å²) in [7, 11) is 1.19. The minimum absolute atomic E-state index is 0.0772. The van der Waals surface area contributed by atoms with E-state index in [1.165, 1.54) is 7.11 Å². The summed E-state index contributed by atoms with van der Waals surface area (Å²) in [5, 5.41) is 8.68. The van der Waals surface area contributed by atoms with Gasteiger partial charge in [0.2, 0.25) is 5.88 Å². The highest BCUT2D eigenvalue weighted by Gasteiger charge is 2.34. The quantitative estimate of drug-likeness (QED) is 0.845. The topological polar surface area (TPSA) is 68.7 Å². The van der Waals surface area contributed by atoms with Gasteiger partial charge in [-0.1, -0.05) is 0 Å². The van der Waals surface area contributed by atoms with E-state index in [2.05, 4.69) is 9.72 Å². The third-order valence-corrected chi connectivity index (χ3v) is 2.32. The van der Waals surface area contributed by atoms with Gasteiger partial charge in [0.25, 0.3) is 0 Å². The van der Waals surface area contributed by atoms with E-state index in [0.717, 1.165) is 6.20 Å². The van der Waals surface area contributed by atoms with Gasteiger partial charge in [-0.05, 0) is 0 Å². The number of pyridine rings is 1. The van der Waals surface area contributed by atoms with Crippen LogP contribution < -0.4 is 9.47 Å². The zero-order valence-corrected chi connectivity index (χ0v) is 10.4. The van der Waals surface area contributed by atoms with Gasteiger partial charge in [-0.15, -0.1) is 24.8 Å². The maximum atomic E-state index is 12.2. The molecule has 0 unspecified atom stereocenters. The smallest absolute Gasteiger partial charge is 0.496 e. The van der Waals surface area contributed by atoms with E-state index in [0.29, 0.717) is 0 Å². The summed E-state index contributed by atoms with van der Waals surface area (Å²) in [5.41, 5.74) is -0.0413. The van der Waals surface area contributed by atoms with Crippen LogP contribution in [0.15, 0.2) is 6.20 Å². The number of rotatable bonds is 5. The average molecular weight is 300 g/mol. The van der Waals surface area contributed by atoms with Gasteiger partial charge in [-0.2, -0.15) is 0 Å². The fraction of sp³-hybridized carbons (Fsp3) is 0.400. The van der Waals surface area contributed by atoms with E-state index in [1.807, 2.05) is 0 Å². The molecule has 1 rings (SSSR count). The number of carboxylic acids is 1. The number of methoxy groups -OCH3 is 1. The summed E-state index contributed by atoms with van der Waals surface area (Å²) in [5.74, 6) is -2.38. The van der Waals surface area contributed by atoms with Crippen molar-refractivity contribution in [3.05, 3.63) is 17.3 Å². The highest BCUT2D eigenvalue weighted by Crippen LogP contribution is 2.34. The summed E-state index contributed by atoms with van der Waals surface area (Å²) >= 11 is 5.54. The van der Waals surface area contributed by atoms with E-state index >= 15 is 0 Å². The number of carboxylic acid groups (broad SMARTS) is 1. The molecule has 1 aromatic rings. The second-order valence-electron chi connectivity index (χ2n) is 3.35. The van der Waals surface area contributed by atoms with Gasteiger partial charge in [-0.3, -0.25) is 4.79 Å². The average Bonchev–Trinajstić information content (AvgIpc) is 2.27. The van der Waals surface area contributed by atoms with E-state index in [9.17, 15) is 18.0 Å². The van der Waals surface area contributed by atoms with Crippen molar-refractivity contribution in [1.29, 1.82) is 0 Å². The largest absolute Gasteiger partial charge is 0.574 e. The van der Waals surface area contributed by atoms with Crippen LogP contribution in [-0.2, 0) is 17.1 Å². The first-order valence-corrected chi connectivity index (χ1v) is 5.40. The van der Waals surface area contributed by atoms with E-state index in [-0.39, 0.29) is 22.8 Å². The standard InChI is InChI=1S/C10H9ClF3NO4/c1-18-8-5(2-7(16)17)4-15-9(6(8)3-11)19-10(12,13)14/h4H,2-3H2,1H3,(H,16,17). The summed E-state index contributed by atoms with van der Waals surface area (Å²) in [6, 6.07) is 0. The lowest BCUT2D eigenvalue weighted by molar-refractivity contribution is -0.276. The molecule has 0 aromatic carbocycles. The van der Waals surface area contributed by atoms with Crippen LogP contribution in [0, 0.1) is 0 Å². The van der Waals surface area contributed by atoms with Crippen molar-refractivity contribution in [3.8, 4) is 11.6 Å². The Morgan fingerprint density at radius 2 is 2.16 bits per heavy atom. The normalized spacial score (nSPS) is 11.2. The number of aromatic nitrogens is 1. The zero-order chi connectivity index (χ0) is 14.6. The molecule has 1 aromatic heterocycles. The van der Waals surface area contributed by atoms with E-state index in [1.54, 1.807) is 0 Å². The number of alkyl halides is 4. The van der Waals surface area contributed by atoms with Crippen molar-refractivity contribution >= 4 is 17.6 Å². The zero-order valence-electron chi connectivity index (χ0n) is 9.62. The Morgan fingerprint density at radius 3 is 2.58 bits per heavy atom. The Balaban J connectivity index is 3.26. The van der Waals surface area contributed by atoms with Crippen molar-refractivity contribution in [2.24, 2.45) is 0 Å². The predicted octanol–water partition coefficient (Wildman–Crippen LogP) is 2.35. The summed E-state index contributed by atoms with van der Waals surface area (Å²) in [6.45, 7) is 0. The van der Waals surface area contributed by atoms with Crippen LogP contribution in [0.25, 0.3) is 0 Å². The highest BCUT2D eigenvalue weighted by molar-refractivity contribution is 6.17. The van der Waals surface area contributed by atoms with Crippen LogP contribution in [0.2, 0.25) is 0 Å². The van der Waals surface area contributed by atoms with Gasteiger partial charge in [-0.25, -0.2) is 4.98 Å². The molecule has 9 heteroatoms. The molecular weight excluding hydrogens is 291 g/mol. The first-order valence-electron chi connectivity index (χ1n) is 4.86. The molecule has 0 radical (unpaired) electrons. The van der Waals surface area contributed by atoms with Crippen molar-refractivity contribution < 1.29 is 32.5 Å². The van der Waals surface area contributed by atoms with Crippen LogP contribution >= 0.6 is 11.6 Å². The first-order chi connectivity index (χ1) is 8.78. The minimum Gasteiger partial charge on any atom is -0.496 e. The summed E-state index contributed by atoms with van der Waals surface area (Å²) < 4.78 is 45.1. The third-order valence-electron chi connectivity index (χ3n) is 2.05. The van der Waals surface area contributed by atoms with E-state index in [4.69, 9.17) is 21.4 Å². The third kappa shape index (κ3) is 4.16. The first kappa shape index (κ1) is 15.4. The number of halogens is 4. The molecule has 0 aliphatic rings. The van der Waals surface area contributed by atoms with Gasteiger partial charge >= 0.3 is 12.3 Å². The molecule has 106 valence electrons. The number of hydrogen-bond acceptors (Lipinski definition) is 4. The van der Waals surface area contributed by atoms with Gasteiger partial charge < -0.3 is 14.6 Å². The monoisotopic (exact) mass is 299 g/mol. The second kappa shape index (κ2) is 5.96. The molecule has 0 saturated carbocycles. The number of hydrogen-bond donors (Lipinski definition) is 1. The van der Waals surface area contributed by atoms with Crippen LogP contribution in [0.5, 0.6) is 11.6 Å². The number of nitrogens with zero attached hydrogens (tertiary/aromatic N) is 1. The van der Waals surface area contributed by atoms with Crippen molar-refractivity contribution in [2.75, 3.05) is 7.11 Å². The molecule has 19 heavy (non-hydrogen) atoms. The van der Waals surface area contributed by atoms with Crippen molar-refractivity contribution in [2.45, 2.75) is 18.7 Å². The summed E-state index contributed by atoms with van der Waals surface area (Å²) in [6.07, 6.45) is -4.43. The fourth-order valence-electron chi connectivity index (χ4n) is 1.42. The Bertz CT molecular complexity index is 479. The number of carbonyl (C=O) groups is 1. The van der Waals surface area contributed by atoms with Gasteiger partial charge in [0.1, 0.15) is 5.75 Å². The van der Waals surface area contributed by atoms with Crippen LogP contribution in [0.4, 0.5) is 13.2 Å². The maximum Gasteiger partial charge on any atom is 0.574 e. The molecule has 0 aliphatic heterocycles. The molecule has 0 amide bonds. The highest BCUT2D eigenvalue weighted by atomic mass is 35.5. The van der Waals surface area contributed by atoms with Crippen LogP contribution in [0.3, 0.4) is 0 Å². The molecule has 1 heterocycles. The molecule has 1 N–H and O–H groups in total. The SMILES string of the molecule is COc1c(CC(=O)O)cnc(OC(F)(F)F)c1CCl. The Hall–Kier alpha value is -1.70. The molecule has 0 bridgehead atoms. The predicted molar refractivity (Wildman–Crippen MR) is 58.4 cm³/mol. The fourth-order valence-corrected chi connectivity index (χ4v) is 1.66. The van der Waals surface area contributed by atoms with Crippen molar-refractivity contribution in [1.82, 2.24) is 4.98 Å². The molecule has 0 aliphatic carbocycles. The van der Waals surface area contributed by atoms with Crippen LogP contribution in [0.1, 0.15) is 11.1 Å². The van der Waals surface area contributed by atoms with Crippen LogP contribution in [-0.4, -0.2) is 29.5 Å². The number of aliphatic carboxylic acids is 1. The molecule has 5 nitrogen and oxygen atoms in total. The summed E-state index contributed by atoms with van der Waals surface area (Å²) in [4.78, 5) is 14.0. The number of ether oxygens (including phenoxy) is 2. The second-order valence-corrected chi connectivity index (χ2v) is 3.62. The maximum absolute atomic E-state index is 12.2. The lowest BCUT2D eigenvalue weighted by atomic mass is 10.1. The Morgan fingerprint density at radius 1 is 1.53 bits per heavy atom. The molecule has 0 atom stereocenters. The molecule has 0 spiro atoms. The van der Waals surface area contributed by atoms with Gasteiger partial charge in [0, 0.05) is 11.8 Å². The lowest BCUT2D eigenvalue weighted by Crippen LogP contribution is -2.19. The molecule has 0 saturated heterocycles. The van der Waals surface area contributed by atoms with E-state index < -0.39 is 24.6 Å². The minimum atomic E-state index is -4.92. The lowest BCUT2D eigenvalue weighted by Gasteiger charge is -2.15. The Kier molecular flexibility index (Phi) is 4.82.